The van der Waals surface area contributed by atoms with Gasteiger partial charge in [0, 0.05) is 18.8 Å². The van der Waals surface area contributed by atoms with Crippen molar-refractivity contribution in [3.05, 3.63) is 59.2 Å². The lowest BCUT2D eigenvalue weighted by Crippen LogP contribution is -2.45. The Morgan fingerprint density at radius 2 is 1.78 bits per heavy atom. The summed E-state index contributed by atoms with van der Waals surface area (Å²) in [5.41, 5.74) is 1.29. The number of carbonyl (C=O) groups is 1. The highest BCUT2D eigenvalue weighted by Crippen LogP contribution is 2.32. The van der Waals surface area contributed by atoms with Gasteiger partial charge >= 0.3 is 0 Å². The Hall–Kier alpha value is -2.27. The van der Waals surface area contributed by atoms with Crippen LogP contribution >= 0.6 is 0 Å². The van der Waals surface area contributed by atoms with Gasteiger partial charge in [0.15, 0.2) is 0 Å². The van der Waals surface area contributed by atoms with Crippen LogP contribution in [0.5, 0.6) is 0 Å². The minimum absolute atomic E-state index is 0.0892. The van der Waals surface area contributed by atoms with Gasteiger partial charge in [0.2, 0.25) is 0 Å². The molecule has 0 bridgehead atoms. The van der Waals surface area contributed by atoms with Crippen molar-refractivity contribution in [2.24, 2.45) is 0 Å². The number of hydrogen-bond donors (Lipinski definition) is 1. The highest BCUT2D eigenvalue weighted by atomic mass is 16.3. The van der Waals surface area contributed by atoms with E-state index in [4.69, 9.17) is 0 Å². The van der Waals surface area contributed by atoms with E-state index in [1.165, 1.54) is 0 Å². The molecule has 120 valence electrons. The Morgan fingerprint density at radius 1 is 1.13 bits per heavy atom. The van der Waals surface area contributed by atoms with E-state index in [0.717, 1.165) is 11.3 Å². The highest BCUT2D eigenvalue weighted by molar-refractivity contribution is 5.92. The first kappa shape index (κ1) is 15.6. The molecule has 1 aromatic carbocycles. The molecule has 1 fully saturated rings. The number of benzene rings is 1. The minimum atomic E-state index is -0.852. The van der Waals surface area contributed by atoms with Crippen molar-refractivity contribution in [1.29, 1.82) is 0 Å². The molecule has 2 aromatic rings. The summed E-state index contributed by atoms with van der Waals surface area (Å²) in [6.07, 6.45) is 1.07. The zero-order chi connectivity index (χ0) is 16.4. The number of piperidine rings is 1. The Labute approximate surface area is 136 Å². The normalized spacial score (nSPS) is 17.1. The number of carbonyl (C=O) groups excluding carboxylic acids is 1. The number of aliphatic hydroxyl groups is 1. The molecule has 1 N–H and O–H groups in total. The molecule has 3 rings (SSSR count). The third-order valence-electron chi connectivity index (χ3n) is 4.37. The lowest BCUT2D eigenvalue weighted by atomic mass is 9.84. The van der Waals surface area contributed by atoms with Gasteiger partial charge in [-0.2, -0.15) is 0 Å². The van der Waals surface area contributed by atoms with E-state index in [2.05, 4.69) is 9.97 Å². The number of aryl methyl sites for hydroxylation is 2. The van der Waals surface area contributed by atoms with Gasteiger partial charge in [0.1, 0.15) is 11.5 Å². The molecule has 0 unspecified atom stereocenters. The fourth-order valence-corrected chi connectivity index (χ4v) is 3.11. The fraction of sp³-hybridized carbons (Fsp3) is 0.389. The summed E-state index contributed by atoms with van der Waals surface area (Å²) in [7, 11) is 0. The average molecular weight is 311 g/mol. The van der Waals surface area contributed by atoms with E-state index >= 15 is 0 Å². The second kappa shape index (κ2) is 6.08. The topological polar surface area (TPSA) is 66.3 Å². The van der Waals surface area contributed by atoms with Crippen molar-refractivity contribution in [1.82, 2.24) is 14.9 Å². The lowest BCUT2D eigenvalue weighted by molar-refractivity contribution is -0.0212. The summed E-state index contributed by atoms with van der Waals surface area (Å²) in [5, 5.41) is 10.8. The molecule has 0 aliphatic carbocycles. The fourth-order valence-electron chi connectivity index (χ4n) is 3.11. The van der Waals surface area contributed by atoms with E-state index in [1.807, 2.05) is 37.3 Å². The van der Waals surface area contributed by atoms with Crippen molar-refractivity contribution < 1.29 is 9.90 Å². The van der Waals surface area contributed by atoms with Crippen LogP contribution in [-0.4, -0.2) is 39.0 Å². The highest BCUT2D eigenvalue weighted by Gasteiger charge is 2.35. The Morgan fingerprint density at radius 3 is 2.39 bits per heavy atom. The number of likely N-dealkylation sites (tertiary alicyclic amines) is 1. The van der Waals surface area contributed by atoms with E-state index in [-0.39, 0.29) is 5.91 Å². The maximum Gasteiger partial charge on any atom is 0.272 e. The van der Waals surface area contributed by atoms with Crippen LogP contribution < -0.4 is 0 Å². The molecule has 1 amide bonds. The number of nitrogens with zero attached hydrogens (tertiary/aromatic N) is 3. The van der Waals surface area contributed by atoms with Gasteiger partial charge in [-0.25, -0.2) is 9.97 Å². The quantitative estimate of drug-likeness (QED) is 0.923. The molecule has 0 saturated carbocycles. The molecule has 23 heavy (non-hydrogen) atoms. The summed E-state index contributed by atoms with van der Waals surface area (Å²) >= 11 is 0. The van der Waals surface area contributed by atoms with Gasteiger partial charge in [0.05, 0.1) is 5.60 Å². The Kier molecular flexibility index (Phi) is 4.13. The molecule has 0 radical (unpaired) electrons. The largest absolute Gasteiger partial charge is 0.385 e. The number of aromatic nitrogens is 2. The summed E-state index contributed by atoms with van der Waals surface area (Å²) in [5.74, 6) is 0.514. The van der Waals surface area contributed by atoms with Crippen LogP contribution in [0.4, 0.5) is 0 Å². The monoisotopic (exact) mass is 311 g/mol. The van der Waals surface area contributed by atoms with Gasteiger partial charge in [-0.1, -0.05) is 30.3 Å². The van der Waals surface area contributed by atoms with Crippen molar-refractivity contribution in [3.63, 3.8) is 0 Å². The maximum atomic E-state index is 12.6. The third-order valence-corrected chi connectivity index (χ3v) is 4.37. The molecular weight excluding hydrogens is 290 g/mol. The Balaban J connectivity index is 1.72. The molecule has 5 heteroatoms. The van der Waals surface area contributed by atoms with Gasteiger partial charge in [-0.15, -0.1) is 0 Å². The first-order valence-electron chi connectivity index (χ1n) is 7.87. The van der Waals surface area contributed by atoms with E-state index in [9.17, 15) is 9.90 Å². The van der Waals surface area contributed by atoms with Crippen LogP contribution in [0.1, 0.15) is 40.4 Å². The molecule has 1 saturated heterocycles. The lowest BCUT2D eigenvalue weighted by Gasteiger charge is -2.38. The summed E-state index contributed by atoms with van der Waals surface area (Å²) < 4.78 is 0. The smallest absolute Gasteiger partial charge is 0.272 e. The average Bonchev–Trinajstić information content (AvgIpc) is 2.55. The number of hydrogen-bond acceptors (Lipinski definition) is 4. The van der Waals surface area contributed by atoms with Gasteiger partial charge < -0.3 is 10.0 Å². The molecule has 1 aliphatic heterocycles. The van der Waals surface area contributed by atoms with Crippen LogP contribution in [0.15, 0.2) is 36.4 Å². The van der Waals surface area contributed by atoms with Crippen molar-refractivity contribution >= 4 is 5.91 Å². The maximum absolute atomic E-state index is 12.6. The van der Waals surface area contributed by atoms with Gasteiger partial charge in [-0.3, -0.25) is 4.79 Å². The van der Waals surface area contributed by atoms with Gasteiger partial charge in [-0.05, 0) is 38.3 Å². The number of amides is 1. The van der Waals surface area contributed by atoms with Crippen LogP contribution in [-0.2, 0) is 5.60 Å². The SMILES string of the molecule is Cc1cc(C(=O)N2CCC(O)(c3ccccc3)CC2)nc(C)n1. The summed E-state index contributed by atoms with van der Waals surface area (Å²) in [6, 6.07) is 11.4. The van der Waals surface area contributed by atoms with Crippen molar-refractivity contribution in [3.8, 4) is 0 Å². The zero-order valence-electron chi connectivity index (χ0n) is 13.5. The standard InChI is InChI=1S/C18H21N3O2/c1-13-12-16(20-14(2)19-13)17(22)21-10-8-18(23,9-11-21)15-6-4-3-5-7-15/h3-7,12,23H,8-11H2,1-2H3. The third kappa shape index (κ3) is 3.24. The minimum Gasteiger partial charge on any atom is -0.385 e. The first-order chi connectivity index (χ1) is 11.0. The molecule has 2 heterocycles. The molecule has 1 aromatic heterocycles. The molecular formula is C18H21N3O2. The first-order valence-corrected chi connectivity index (χ1v) is 7.87. The van der Waals surface area contributed by atoms with Crippen LogP contribution in [0.3, 0.4) is 0 Å². The summed E-state index contributed by atoms with van der Waals surface area (Å²) in [6.45, 7) is 4.68. The second-order valence-electron chi connectivity index (χ2n) is 6.13. The predicted octanol–water partition coefficient (Wildman–Crippen LogP) is 2.22. The van der Waals surface area contributed by atoms with Crippen LogP contribution in [0.2, 0.25) is 0 Å². The summed E-state index contributed by atoms with van der Waals surface area (Å²) in [4.78, 5) is 22.8. The molecule has 0 spiro atoms. The van der Waals surface area contributed by atoms with Crippen molar-refractivity contribution in [2.75, 3.05) is 13.1 Å². The Bertz CT molecular complexity index is 687. The van der Waals surface area contributed by atoms with E-state index < -0.39 is 5.60 Å². The predicted molar refractivity (Wildman–Crippen MR) is 87.0 cm³/mol. The van der Waals surface area contributed by atoms with Crippen molar-refractivity contribution in [2.45, 2.75) is 32.3 Å². The molecule has 0 atom stereocenters. The molecule has 5 nitrogen and oxygen atoms in total. The van der Waals surface area contributed by atoms with Crippen LogP contribution in [0.25, 0.3) is 0 Å². The zero-order valence-corrected chi connectivity index (χ0v) is 13.5. The molecule has 1 aliphatic rings. The van der Waals surface area contributed by atoms with E-state index in [0.29, 0.717) is 37.4 Å². The number of rotatable bonds is 2. The van der Waals surface area contributed by atoms with E-state index in [1.54, 1.807) is 17.9 Å². The van der Waals surface area contributed by atoms with Crippen LogP contribution in [0, 0.1) is 13.8 Å². The second-order valence-corrected chi connectivity index (χ2v) is 6.13. The van der Waals surface area contributed by atoms with Gasteiger partial charge in [0.25, 0.3) is 5.91 Å².